The number of para-hydroxylation sites is 3. The largest absolute Gasteiger partial charge is 0.456 e. The number of nitrogens with zero attached hydrogens (tertiary/aromatic N) is 4. The molecule has 0 radical (unpaired) electrons. The summed E-state index contributed by atoms with van der Waals surface area (Å²) < 4.78 is 254. The predicted octanol–water partition coefficient (Wildman–Crippen LogP) is 11.5. The molecule has 0 aliphatic carbocycles. The quantitative estimate of drug-likeness (QED) is 0.183. The van der Waals surface area contributed by atoms with Crippen LogP contribution in [0.15, 0.2) is 174 Å². The summed E-state index contributed by atoms with van der Waals surface area (Å²) in [6.07, 6.45) is 0. The van der Waals surface area contributed by atoms with Crippen molar-refractivity contribution in [1.29, 1.82) is 0 Å². The fourth-order valence-corrected chi connectivity index (χ4v) is 5.48. The lowest BCUT2D eigenvalue weighted by atomic mass is 9.99. The minimum Gasteiger partial charge on any atom is -0.456 e. The third kappa shape index (κ3) is 4.52. The lowest BCUT2D eigenvalue weighted by Gasteiger charge is -2.14. The third-order valence-electron chi connectivity index (χ3n) is 7.55. The van der Waals surface area contributed by atoms with E-state index in [9.17, 15) is 6.85 Å². The lowest BCUT2D eigenvalue weighted by molar-refractivity contribution is 0.669. The molecule has 0 atom stereocenters. The van der Waals surface area contributed by atoms with Crippen molar-refractivity contribution in [3.8, 4) is 51.0 Å². The Bertz CT molecular complexity index is 4360. The van der Waals surface area contributed by atoms with Gasteiger partial charge in [-0.1, -0.05) is 127 Å². The first kappa shape index (κ1) is 11.9. The molecule has 0 bridgehead atoms. The first-order chi connectivity index (χ1) is 36.4. The summed E-state index contributed by atoms with van der Waals surface area (Å²) in [5.41, 5.74) is -7.19. The third-order valence-corrected chi connectivity index (χ3v) is 7.55. The predicted molar refractivity (Wildman–Crippen MR) is 203 cm³/mol. The summed E-state index contributed by atoms with van der Waals surface area (Å²) >= 11 is 0. The molecule has 0 saturated carbocycles. The molecule has 5 heteroatoms. The van der Waals surface area contributed by atoms with E-state index >= 15 is 0 Å². The topological polar surface area (TPSA) is 56.7 Å². The summed E-state index contributed by atoms with van der Waals surface area (Å²) in [6.45, 7) is 0. The van der Waals surface area contributed by atoms with Crippen LogP contribution in [0.3, 0.4) is 0 Å². The standard InChI is InChI=1S/C45H28N4O/c1-3-14-29(15-4-1)32-21-13-25-40-42(32)36-27-26-31(28-41(36)50-40)44-46-43(30-16-5-2-6-17-30)47-45(48-44)35-20-9-12-24-39(35)49-37-22-10-7-18-33(37)34-19-8-11-23-38(34)49/h1-28H/i1D,2D,3D,4D,5D,6D,7D,8D,9D,10D,11D,12D,13D,14D,15D,16D,17D,18D,19D,20D,21D,22D,23D,24D,25D,26D,27D,28D. The van der Waals surface area contributed by atoms with Crippen molar-refractivity contribution in [2.45, 2.75) is 0 Å². The van der Waals surface area contributed by atoms with Gasteiger partial charge in [0.15, 0.2) is 17.5 Å². The minimum atomic E-state index is -1.06. The Morgan fingerprint density at radius 1 is 0.420 bits per heavy atom. The van der Waals surface area contributed by atoms with Gasteiger partial charge in [0, 0.05) is 38.2 Å². The van der Waals surface area contributed by atoms with E-state index in [0.29, 0.717) is 0 Å². The molecule has 5 nitrogen and oxygen atoms in total. The number of fused-ring (bicyclic) bond motifs is 6. The zero-order chi connectivity index (χ0) is 57.4. The highest BCUT2D eigenvalue weighted by atomic mass is 16.3. The van der Waals surface area contributed by atoms with Gasteiger partial charge < -0.3 is 8.98 Å². The van der Waals surface area contributed by atoms with E-state index in [1.54, 1.807) is 0 Å². The molecule has 0 spiro atoms. The second-order valence-corrected chi connectivity index (χ2v) is 10.3. The van der Waals surface area contributed by atoms with Gasteiger partial charge in [0.05, 0.1) is 55.1 Å². The van der Waals surface area contributed by atoms with Crippen LogP contribution in [0.4, 0.5) is 0 Å². The lowest BCUT2D eigenvalue weighted by Crippen LogP contribution is -2.03. The number of benzene rings is 7. The van der Waals surface area contributed by atoms with Gasteiger partial charge in [-0.25, -0.2) is 15.0 Å². The summed E-state index contributed by atoms with van der Waals surface area (Å²) in [5.74, 6) is -2.78. The van der Waals surface area contributed by atoms with Crippen molar-refractivity contribution in [2.24, 2.45) is 0 Å². The normalized spacial score (nSPS) is 19.4. The Balaban J connectivity index is 1.41. The Morgan fingerprint density at radius 3 is 1.74 bits per heavy atom. The van der Waals surface area contributed by atoms with Crippen molar-refractivity contribution >= 4 is 43.7 Å². The highest BCUT2D eigenvalue weighted by Gasteiger charge is 2.20. The molecular weight excluding hydrogens is 613 g/mol. The van der Waals surface area contributed by atoms with Gasteiger partial charge >= 0.3 is 0 Å². The van der Waals surface area contributed by atoms with Gasteiger partial charge in [0.25, 0.3) is 0 Å². The molecule has 3 heterocycles. The van der Waals surface area contributed by atoms with Crippen molar-refractivity contribution in [3.63, 3.8) is 0 Å². The second kappa shape index (κ2) is 11.4. The Labute approximate surface area is 327 Å². The molecule has 0 amide bonds. The zero-order valence-electron chi connectivity index (χ0n) is 52.7. The van der Waals surface area contributed by atoms with Crippen molar-refractivity contribution in [1.82, 2.24) is 19.5 Å². The molecule has 10 aromatic rings. The van der Waals surface area contributed by atoms with Crippen LogP contribution < -0.4 is 0 Å². The number of hydrogen-bond donors (Lipinski definition) is 0. The number of furan rings is 1. The van der Waals surface area contributed by atoms with E-state index in [1.165, 1.54) is 0 Å². The van der Waals surface area contributed by atoms with Crippen LogP contribution in [0.1, 0.15) is 38.4 Å². The molecule has 0 aliphatic rings. The molecule has 3 aromatic heterocycles. The fourth-order valence-electron chi connectivity index (χ4n) is 5.48. The van der Waals surface area contributed by atoms with Gasteiger partial charge in [0.1, 0.15) is 11.2 Å². The van der Waals surface area contributed by atoms with E-state index in [2.05, 4.69) is 15.0 Å². The monoisotopic (exact) mass is 668 g/mol. The smallest absolute Gasteiger partial charge is 0.166 e. The van der Waals surface area contributed by atoms with Crippen molar-refractivity contribution < 1.29 is 42.8 Å². The van der Waals surface area contributed by atoms with Crippen molar-refractivity contribution in [3.05, 3.63) is 169 Å². The summed E-state index contributed by atoms with van der Waals surface area (Å²) in [5, 5.41) is -2.07. The van der Waals surface area contributed by atoms with Gasteiger partial charge in [0.2, 0.25) is 0 Å². The van der Waals surface area contributed by atoms with Gasteiger partial charge in [-0.3, -0.25) is 0 Å². The molecule has 0 aliphatic heterocycles. The van der Waals surface area contributed by atoms with Crippen LogP contribution in [0.5, 0.6) is 0 Å². The number of aromatic nitrogens is 4. The first-order valence-electron chi connectivity index (χ1n) is 28.4. The molecule has 10 rings (SSSR count). The Kier molecular flexibility index (Phi) is 2.72. The average Bonchev–Trinajstić information content (AvgIpc) is 4.00. The van der Waals surface area contributed by atoms with Gasteiger partial charge in [-0.15, -0.1) is 0 Å². The van der Waals surface area contributed by atoms with Crippen LogP contribution in [0.2, 0.25) is 0 Å². The van der Waals surface area contributed by atoms with Crippen molar-refractivity contribution in [2.75, 3.05) is 0 Å². The Morgan fingerprint density at radius 2 is 1.00 bits per heavy atom. The molecular formula is C45H28N4O. The summed E-state index contributed by atoms with van der Waals surface area (Å²) in [7, 11) is 0. The van der Waals surface area contributed by atoms with E-state index in [4.69, 9.17) is 35.9 Å². The van der Waals surface area contributed by atoms with E-state index in [-0.39, 0.29) is 0 Å². The second-order valence-electron chi connectivity index (χ2n) is 10.3. The highest BCUT2D eigenvalue weighted by molar-refractivity contribution is 6.13. The number of rotatable bonds is 5. The maximum absolute atomic E-state index is 9.61. The molecule has 234 valence electrons. The maximum atomic E-state index is 9.61. The molecule has 50 heavy (non-hydrogen) atoms. The SMILES string of the molecule is [2H]c1c([2H])c([2H])c(-c2nc(-c3c([2H])c([2H])c([2H])c([2H])c3-n3c4c([2H])c([2H])c([2H])c([2H])c4c4c([2H])c([2H])c([2H])c([2H])c43)nc(-c3c([2H])c([2H])c4c(oc5c([2H])c([2H])c([2H])c(-c6c([2H])c([2H])c([2H])c([2H])c6[2H])c54)c3[2H])n2)c([2H])c1[2H]. The molecule has 7 aromatic carbocycles. The van der Waals surface area contributed by atoms with Crippen LogP contribution >= 0.6 is 0 Å². The van der Waals surface area contributed by atoms with Gasteiger partial charge in [-0.2, -0.15) is 0 Å². The zero-order valence-corrected chi connectivity index (χ0v) is 24.7. The summed E-state index contributed by atoms with van der Waals surface area (Å²) in [6, 6.07) is -25.5. The minimum absolute atomic E-state index is 0.490. The Hall–Kier alpha value is -6.85. The van der Waals surface area contributed by atoms with Crippen LogP contribution in [-0.2, 0) is 0 Å². The van der Waals surface area contributed by atoms with Gasteiger partial charge in [-0.05, 0) is 53.4 Å². The number of hydrogen-bond acceptors (Lipinski definition) is 4. The highest BCUT2D eigenvalue weighted by Crippen LogP contribution is 2.39. The first-order valence-corrected chi connectivity index (χ1v) is 14.4. The van der Waals surface area contributed by atoms with Crippen LogP contribution in [-0.4, -0.2) is 19.5 Å². The average molecular weight is 669 g/mol. The molecule has 0 fully saturated rings. The fraction of sp³-hybridized carbons (Fsp3) is 0. The maximum Gasteiger partial charge on any atom is 0.166 e. The van der Waals surface area contributed by atoms with E-state index in [0.717, 1.165) is 4.57 Å². The van der Waals surface area contributed by atoms with E-state index < -0.39 is 264 Å². The molecule has 0 N–H and O–H groups in total. The summed E-state index contributed by atoms with van der Waals surface area (Å²) in [4.78, 5) is 13.2. The molecule has 0 saturated heterocycles. The van der Waals surface area contributed by atoms with E-state index in [1.807, 2.05) is 0 Å². The van der Waals surface area contributed by atoms with Crippen LogP contribution in [0.25, 0.3) is 94.7 Å². The van der Waals surface area contributed by atoms with Crippen LogP contribution in [0, 0.1) is 0 Å². The molecule has 0 unspecified atom stereocenters.